The SMILES string of the molecule is CCCN1C(=S)NC(c2ccc(OC)cc2)C(C(=O)c2ccccc2)=C1C. The monoisotopic (exact) mass is 380 g/mol. The maximum Gasteiger partial charge on any atom is 0.193 e. The zero-order valence-electron chi connectivity index (χ0n) is 15.9. The second-order valence-corrected chi connectivity index (χ2v) is 6.89. The molecule has 2 aromatic rings. The van der Waals surface area contributed by atoms with E-state index in [0.717, 1.165) is 35.5 Å². The molecule has 27 heavy (non-hydrogen) atoms. The molecule has 4 nitrogen and oxygen atoms in total. The van der Waals surface area contributed by atoms with Crippen LogP contribution in [0.2, 0.25) is 0 Å². The fourth-order valence-corrected chi connectivity index (χ4v) is 3.71. The maximum absolute atomic E-state index is 13.4. The molecule has 1 atom stereocenters. The van der Waals surface area contributed by atoms with Crippen LogP contribution >= 0.6 is 12.2 Å². The summed E-state index contributed by atoms with van der Waals surface area (Å²) in [7, 11) is 1.64. The van der Waals surface area contributed by atoms with E-state index in [2.05, 4.69) is 12.2 Å². The highest BCUT2D eigenvalue weighted by atomic mass is 32.1. The number of hydrogen-bond donors (Lipinski definition) is 1. The van der Waals surface area contributed by atoms with Crippen molar-refractivity contribution in [2.75, 3.05) is 13.7 Å². The summed E-state index contributed by atoms with van der Waals surface area (Å²) in [6, 6.07) is 16.8. The summed E-state index contributed by atoms with van der Waals surface area (Å²) in [6.45, 7) is 4.86. The standard InChI is InChI=1S/C22H24N2O2S/c1-4-14-24-15(2)19(21(25)17-8-6-5-7-9-17)20(23-22(24)27)16-10-12-18(26-3)13-11-16/h5-13,20H,4,14H2,1-3H3,(H,23,27). The molecular weight excluding hydrogens is 356 g/mol. The van der Waals surface area contributed by atoms with E-state index < -0.39 is 0 Å². The van der Waals surface area contributed by atoms with Crippen LogP contribution in [-0.2, 0) is 0 Å². The van der Waals surface area contributed by atoms with Gasteiger partial charge in [0.25, 0.3) is 0 Å². The Morgan fingerprint density at radius 3 is 2.41 bits per heavy atom. The molecule has 0 radical (unpaired) electrons. The summed E-state index contributed by atoms with van der Waals surface area (Å²) in [4.78, 5) is 15.4. The van der Waals surface area contributed by atoms with Crippen molar-refractivity contribution in [1.82, 2.24) is 10.2 Å². The fraction of sp³-hybridized carbons (Fsp3) is 0.273. The molecule has 0 saturated heterocycles. The molecule has 0 fully saturated rings. The molecule has 0 spiro atoms. The fourth-order valence-electron chi connectivity index (χ4n) is 3.36. The van der Waals surface area contributed by atoms with Gasteiger partial charge in [-0.15, -0.1) is 0 Å². The second kappa shape index (κ2) is 8.35. The van der Waals surface area contributed by atoms with Gasteiger partial charge >= 0.3 is 0 Å². The number of allylic oxidation sites excluding steroid dienone is 1. The van der Waals surface area contributed by atoms with E-state index in [9.17, 15) is 4.79 Å². The Hall–Kier alpha value is -2.66. The van der Waals surface area contributed by atoms with Crippen LogP contribution in [-0.4, -0.2) is 29.5 Å². The average molecular weight is 381 g/mol. The first-order valence-corrected chi connectivity index (χ1v) is 9.50. The smallest absolute Gasteiger partial charge is 0.193 e. The highest BCUT2D eigenvalue weighted by Crippen LogP contribution is 2.33. The predicted octanol–water partition coefficient (Wildman–Crippen LogP) is 4.49. The molecule has 0 aliphatic carbocycles. The lowest BCUT2D eigenvalue weighted by molar-refractivity contribution is 0.102. The van der Waals surface area contributed by atoms with Gasteiger partial charge in [0.15, 0.2) is 10.9 Å². The van der Waals surface area contributed by atoms with Gasteiger partial charge < -0.3 is 15.0 Å². The zero-order chi connectivity index (χ0) is 19.4. The van der Waals surface area contributed by atoms with Crippen molar-refractivity contribution < 1.29 is 9.53 Å². The predicted molar refractivity (Wildman–Crippen MR) is 112 cm³/mol. The van der Waals surface area contributed by atoms with Crippen LogP contribution in [0.15, 0.2) is 65.9 Å². The molecule has 1 N–H and O–H groups in total. The third-order valence-electron chi connectivity index (χ3n) is 4.77. The zero-order valence-corrected chi connectivity index (χ0v) is 16.7. The van der Waals surface area contributed by atoms with Gasteiger partial charge in [0, 0.05) is 23.4 Å². The van der Waals surface area contributed by atoms with Crippen LogP contribution in [0.25, 0.3) is 0 Å². The van der Waals surface area contributed by atoms with Crippen LogP contribution in [0.4, 0.5) is 0 Å². The molecule has 1 aliphatic rings. The molecule has 1 unspecified atom stereocenters. The molecule has 2 aromatic carbocycles. The Kier molecular flexibility index (Phi) is 5.91. The summed E-state index contributed by atoms with van der Waals surface area (Å²) in [6.07, 6.45) is 0.944. The van der Waals surface area contributed by atoms with Gasteiger partial charge in [-0.25, -0.2) is 0 Å². The van der Waals surface area contributed by atoms with Crippen molar-refractivity contribution in [3.8, 4) is 5.75 Å². The first kappa shape index (κ1) is 19.1. The average Bonchev–Trinajstić information content (AvgIpc) is 2.71. The summed E-state index contributed by atoms with van der Waals surface area (Å²) >= 11 is 5.60. The van der Waals surface area contributed by atoms with Crippen molar-refractivity contribution >= 4 is 23.1 Å². The highest BCUT2D eigenvalue weighted by Gasteiger charge is 2.33. The number of ketones is 1. The van der Waals surface area contributed by atoms with Gasteiger partial charge in [0.1, 0.15) is 5.75 Å². The third kappa shape index (κ3) is 3.88. The lowest BCUT2D eigenvalue weighted by Gasteiger charge is -2.38. The quantitative estimate of drug-likeness (QED) is 0.591. The molecule has 5 heteroatoms. The number of nitrogens with one attached hydrogen (secondary N) is 1. The number of benzene rings is 2. The van der Waals surface area contributed by atoms with Crippen molar-refractivity contribution in [3.63, 3.8) is 0 Å². The van der Waals surface area contributed by atoms with Gasteiger partial charge in [0.2, 0.25) is 0 Å². The van der Waals surface area contributed by atoms with Crippen molar-refractivity contribution in [2.45, 2.75) is 26.3 Å². The minimum Gasteiger partial charge on any atom is -0.497 e. The van der Waals surface area contributed by atoms with Gasteiger partial charge in [-0.3, -0.25) is 4.79 Å². The van der Waals surface area contributed by atoms with Crippen molar-refractivity contribution in [3.05, 3.63) is 77.0 Å². The first-order chi connectivity index (χ1) is 13.1. The van der Waals surface area contributed by atoms with Gasteiger partial charge in [0.05, 0.1) is 13.2 Å². The number of hydrogen-bond acceptors (Lipinski definition) is 3. The number of Topliss-reactive ketones (excluding diaryl/α,β-unsaturated/α-hetero) is 1. The number of ether oxygens (including phenoxy) is 1. The molecular formula is C22H24N2O2S. The minimum atomic E-state index is -0.288. The van der Waals surface area contributed by atoms with Crippen molar-refractivity contribution in [1.29, 1.82) is 0 Å². The number of thiocarbonyl (C=S) groups is 1. The lowest BCUT2D eigenvalue weighted by atomic mass is 9.89. The van der Waals surface area contributed by atoms with Gasteiger partial charge in [-0.2, -0.15) is 0 Å². The molecule has 3 rings (SSSR count). The van der Waals surface area contributed by atoms with Crippen molar-refractivity contribution in [2.24, 2.45) is 0 Å². The van der Waals surface area contributed by atoms with E-state index >= 15 is 0 Å². The summed E-state index contributed by atoms with van der Waals surface area (Å²) in [5.74, 6) is 0.798. The van der Waals surface area contributed by atoms with Crippen LogP contribution in [0, 0.1) is 0 Å². The second-order valence-electron chi connectivity index (χ2n) is 6.50. The highest BCUT2D eigenvalue weighted by molar-refractivity contribution is 7.80. The van der Waals surface area contributed by atoms with E-state index in [1.807, 2.05) is 66.4 Å². The molecule has 0 saturated carbocycles. The van der Waals surface area contributed by atoms with Crippen LogP contribution in [0.1, 0.15) is 42.2 Å². The summed E-state index contributed by atoms with van der Waals surface area (Å²) < 4.78 is 5.26. The van der Waals surface area contributed by atoms with E-state index in [1.54, 1.807) is 7.11 Å². The Balaban J connectivity index is 2.09. The Morgan fingerprint density at radius 1 is 1.15 bits per heavy atom. The molecule has 1 heterocycles. The Morgan fingerprint density at radius 2 is 1.81 bits per heavy atom. The third-order valence-corrected chi connectivity index (χ3v) is 5.11. The topological polar surface area (TPSA) is 41.6 Å². The van der Waals surface area contributed by atoms with Gasteiger partial charge in [-0.1, -0.05) is 49.4 Å². The minimum absolute atomic E-state index is 0.0185. The molecule has 140 valence electrons. The van der Waals surface area contributed by atoms with Crippen LogP contribution in [0.3, 0.4) is 0 Å². The largest absolute Gasteiger partial charge is 0.497 e. The van der Waals surface area contributed by atoms with E-state index in [0.29, 0.717) is 10.7 Å². The molecule has 0 aromatic heterocycles. The Labute approximate surface area is 165 Å². The summed E-state index contributed by atoms with van der Waals surface area (Å²) in [5, 5.41) is 4.03. The van der Waals surface area contributed by atoms with E-state index in [1.165, 1.54) is 0 Å². The number of carbonyl (C=O) groups is 1. The molecule has 0 amide bonds. The van der Waals surface area contributed by atoms with Gasteiger partial charge in [-0.05, 0) is 43.3 Å². The normalized spacial score (nSPS) is 16.9. The number of rotatable bonds is 6. The number of carbonyl (C=O) groups excluding carboxylic acids is 1. The Bertz CT molecular complexity index is 860. The lowest BCUT2D eigenvalue weighted by Crippen LogP contribution is -2.47. The molecule has 0 bridgehead atoms. The molecule has 1 aliphatic heterocycles. The van der Waals surface area contributed by atoms with E-state index in [-0.39, 0.29) is 11.8 Å². The van der Waals surface area contributed by atoms with E-state index in [4.69, 9.17) is 17.0 Å². The van der Waals surface area contributed by atoms with Crippen LogP contribution < -0.4 is 10.1 Å². The first-order valence-electron chi connectivity index (χ1n) is 9.09. The van der Waals surface area contributed by atoms with Crippen LogP contribution in [0.5, 0.6) is 5.75 Å². The maximum atomic E-state index is 13.4. The summed E-state index contributed by atoms with van der Waals surface area (Å²) in [5.41, 5.74) is 3.30. The number of nitrogens with zero attached hydrogens (tertiary/aromatic N) is 1. The number of methoxy groups -OCH3 is 1.